The fourth-order valence-electron chi connectivity index (χ4n) is 1.45. The molecule has 0 aliphatic carbocycles. The van der Waals surface area contributed by atoms with Crippen LogP contribution in [0.15, 0.2) is 44.1 Å². The average Bonchev–Trinajstić information content (AvgIpc) is 2.67. The Hall–Kier alpha value is -0.650. The molecule has 0 saturated heterocycles. The lowest BCUT2D eigenvalue weighted by Gasteiger charge is -2.12. The van der Waals surface area contributed by atoms with Crippen molar-refractivity contribution in [2.75, 3.05) is 0 Å². The van der Waals surface area contributed by atoms with E-state index in [9.17, 15) is 4.39 Å². The second kappa shape index (κ2) is 4.69. The zero-order chi connectivity index (χ0) is 11.7. The molecule has 0 spiro atoms. The number of hydrogen-bond acceptors (Lipinski definition) is 2. The fraction of sp³-hybridized carbons (Fsp3) is 0.0909. The molecule has 2 N–H and O–H groups in total. The van der Waals surface area contributed by atoms with Crippen molar-refractivity contribution in [1.29, 1.82) is 0 Å². The van der Waals surface area contributed by atoms with Crippen LogP contribution in [0.3, 0.4) is 0 Å². The average molecular weight is 349 g/mol. The van der Waals surface area contributed by atoms with Gasteiger partial charge in [0.05, 0.1) is 12.3 Å². The normalized spacial score (nSPS) is 12.8. The molecule has 0 aliphatic rings. The van der Waals surface area contributed by atoms with Gasteiger partial charge in [0.1, 0.15) is 5.82 Å². The quantitative estimate of drug-likeness (QED) is 0.891. The molecule has 0 saturated carbocycles. The summed E-state index contributed by atoms with van der Waals surface area (Å²) in [5.74, 6) is -0.330. The molecule has 1 heterocycles. The van der Waals surface area contributed by atoms with E-state index in [-0.39, 0.29) is 5.82 Å². The maximum Gasteiger partial charge on any atom is 0.174 e. The molecule has 0 aliphatic heterocycles. The minimum absolute atomic E-state index is 0.330. The van der Waals surface area contributed by atoms with Crippen LogP contribution < -0.4 is 5.73 Å². The van der Waals surface area contributed by atoms with E-state index in [4.69, 9.17) is 10.2 Å². The van der Waals surface area contributed by atoms with Gasteiger partial charge in [0.15, 0.2) is 4.67 Å². The lowest BCUT2D eigenvalue weighted by molar-refractivity contribution is 0.532. The molecular weight excluding hydrogens is 341 g/mol. The first-order valence-corrected chi connectivity index (χ1v) is 6.11. The highest BCUT2D eigenvalue weighted by molar-refractivity contribution is 9.10. The van der Waals surface area contributed by atoms with Gasteiger partial charge >= 0.3 is 0 Å². The number of benzene rings is 1. The molecule has 5 heteroatoms. The topological polar surface area (TPSA) is 39.2 Å². The van der Waals surface area contributed by atoms with Crippen molar-refractivity contribution in [1.82, 2.24) is 0 Å². The smallest absolute Gasteiger partial charge is 0.174 e. The van der Waals surface area contributed by atoms with Gasteiger partial charge in [0.25, 0.3) is 0 Å². The van der Waals surface area contributed by atoms with E-state index >= 15 is 0 Å². The first kappa shape index (κ1) is 11.8. The van der Waals surface area contributed by atoms with Crippen LogP contribution in [0, 0.1) is 5.82 Å². The summed E-state index contributed by atoms with van der Waals surface area (Å²) in [5.41, 5.74) is 7.13. The highest BCUT2D eigenvalue weighted by Gasteiger charge is 2.18. The summed E-state index contributed by atoms with van der Waals surface area (Å²) in [4.78, 5) is 0. The van der Waals surface area contributed by atoms with Gasteiger partial charge in [0, 0.05) is 15.6 Å². The van der Waals surface area contributed by atoms with E-state index in [1.165, 1.54) is 12.3 Å². The van der Waals surface area contributed by atoms with E-state index in [2.05, 4.69) is 31.9 Å². The molecule has 1 aromatic carbocycles. The van der Waals surface area contributed by atoms with Crippen LogP contribution in [0.4, 0.5) is 4.39 Å². The van der Waals surface area contributed by atoms with E-state index < -0.39 is 6.04 Å². The van der Waals surface area contributed by atoms with Gasteiger partial charge in [-0.25, -0.2) is 4.39 Å². The van der Waals surface area contributed by atoms with Gasteiger partial charge in [-0.3, -0.25) is 0 Å². The summed E-state index contributed by atoms with van der Waals surface area (Å²) in [6.07, 6.45) is 1.51. The van der Waals surface area contributed by atoms with Gasteiger partial charge in [-0.2, -0.15) is 0 Å². The fourth-order valence-corrected chi connectivity index (χ4v) is 2.31. The third-order valence-electron chi connectivity index (χ3n) is 2.27. The van der Waals surface area contributed by atoms with E-state index in [1.54, 1.807) is 18.2 Å². The maximum atomic E-state index is 13.6. The van der Waals surface area contributed by atoms with Crippen molar-refractivity contribution in [3.8, 4) is 0 Å². The number of halogens is 3. The molecule has 2 rings (SSSR count). The van der Waals surface area contributed by atoms with Gasteiger partial charge in [-0.1, -0.05) is 15.9 Å². The van der Waals surface area contributed by atoms with Crippen LogP contribution in [0.1, 0.15) is 17.2 Å². The molecule has 0 amide bonds. The zero-order valence-corrected chi connectivity index (χ0v) is 11.3. The van der Waals surface area contributed by atoms with Crippen LogP contribution in [0.2, 0.25) is 0 Å². The predicted octanol–water partition coefficient (Wildman–Crippen LogP) is 3.99. The van der Waals surface area contributed by atoms with Crippen molar-refractivity contribution in [3.05, 3.63) is 56.6 Å². The van der Waals surface area contributed by atoms with Gasteiger partial charge in [-0.15, -0.1) is 0 Å². The molecule has 1 atom stereocenters. The predicted molar refractivity (Wildman–Crippen MR) is 66.5 cm³/mol. The minimum atomic E-state index is -0.550. The maximum absolute atomic E-state index is 13.6. The zero-order valence-electron chi connectivity index (χ0n) is 8.08. The Labute approximate surface area is 109 Å². The molecule has 0 fully saturated rings. The van der Waals surface area contributed by atoms with E-state index in [0.717, 1.165) is 10.0 Å². The minimum Gasteiger partial charge on any atom is -0.457 e. The summed E-state index contributed by atoms with van der Waals surface area (Å²) in [5, 5.41) is 0. The highest BCUT2D eigenvalue weighted by atomic mass is 79.9. The van der Waals surface area contributed by atoms with Crippen LogP contribution >= 0.6 is 31.9 Å². The summed E-state index contributed by atoms with van der Waals surface area (Å²) in [7, 11) is 0. The highest BCUT2D eigenvalue weighted by Crippen LogP contribution is 2.30. The Morgan fingerprint density at radius 1 is 1.19 bits per heavy atom. The summed E-state index contributed by atoms with van der Waals surface area (Å²) >= 11 is 6.52. The Bertz CT molecular complexity index is 512. The number of rotatable bonds is 2. The first-order chi connectivity index (χ1) is 7.59. The molecule has 2 aromatic rings. The van der Waals surface area contributed by atoms with Crippen molar-refractivity contribution in [2.24, 2.45) is 5.73 Å². The van der Waals surface area contributed by atoms with E-state index in [0.29, 0.717) is 10.2 Å². The second-order valence-electron chi connectivity index (χ2n) is 3.29. The lowest BCUT2D eigenvalue weighted by Crippen LogP contribution is -2.13. The molecule has 1 unspecified atom stereocenters. The van der Waals surface area contributed by atoms with Gasteiger partial charge < -0.3 is 10.2 Å². The second-order valence-corrected chi connectivity index (χ2v) is 4.93. The number of hydrogen-bond donors (Lipinski definition) is 1. The number of nitrogens with two attached hydrogens (primary N) is 1. The molecule has 84 valence electrons. The lowest BCUT2D eigenvalue weighted by atomic mass is 10.0. The SMILES string of the molecule is NC(c1cc(Br)ccc1F)c1ccoc1Br. The van der Waals surface area contributed by atoms with Crippen molar-refractivity contribution in [2.45, 2.75) is 6.04 Å². The van der Waals surface area contributed by atoms with Crippen molar-refractivity contribution < 1.29 is 8.81 Å². The van der Waals surface area contributed by atoms with Crippen molar-refractivity contribution in [3.63, 3.8) is 0 Å². The third kappa shape index (κ3) is 2.21. The molecule has 0 radical (unpaired) electrons. The monoisotopic (exact) mass is 347 g/mol. The Morgan fingerprint density at radius 2 is 1.94 bits per heavy atom. The first-order valence-electron chi connectivity index (χ1n) is 4.53. The standard InChI is InChI=1S/C11H8Br2FNO/c12-6-1-2-9(14)8(5-6)10(15)7-3-4-16-11(7)13/h1-5,10H,15H2. The van der Waals surface area contributed by atoms with Gasteiger partial charge in [0.2, 0.25) is 0 Å². The molecule has 16 heavy (non-hydrogen) atoms. The van der Waals surface area contributed by atoms with E-state index in [1.807, 2.05) is 0 Å². The Morgan fingerprint density at radius 3 is 2.56 bits per heavy atom. The molecular formula is C11H8Br2FNO. The summed E-state index contributed by atoms with van der Waals surface area (Å²) in [6.45, 7) is 0. The Balaban J connectivity index is 2.45. The van der Waals surface area contributed by atoms with Gasteiger partial charge in [-0.05, 0) is 40.2 Å². The largest absolute Gasteiger partial charge is 0.457 e. The van der Waals surface area contributed by atoms with Crippen LogP contribution in [-0.2, 0) is 0 Å². The summed E-state index contributed by atoms with van der Waals surface area (Å²) < 4.78 is 20.0. The molecule has 0 bridgehead atoms. The molecule has 2 nitrogen and oxygen atoms in total. The number of furan rings is 1. The van der Waals surface area contributed by atoms with Crippen molar-refractivity contribution >= 4 is 31.9 Å². The Kier molecular flexibility index (Phi) is 3.47. The van der Waals surface area contributed by atoms with Crippen LogP contribution in [0.25, 0.3) is 0 Å². The third-order valence-corrected chi connectivity index (χ3v) is 3.41. The van der Waals surface area contributed by atoms with Crippen LogP contribution in [-0.4, -0.2) is 0 Å². The summed E-state index contributed by atoms with van der Waals surface area (Å²) in [6, 6.07) is 5.85. The molecule has 1 aromatic heterocycles. The van der Waals surface area contributed by atoms with Crippen LogP contribution in [0.5, 0.6) is 0 Å².